The van der Waals surface area contributed by atoms with E-state index in [9.17, 15) is 22.8 Å². The lowest BCUT2D eigenvalue weighted by Gasteiger charge is -2.07. The monoisotopic (exact) mass is 281 g/mol. The molecule has 0 saturated carbocycles. The van der Waals surface area contributed by atoms with Crippen LogP contribution in [-0.2, 0) is 4.79 Å². The number of ketones is 1. The first-order valence-corrected chi connectivity index (χ1v) is 5.69. The number of carbonyl (C=O) groups is 2. The van der Waals surface area contributed by atoms with E-state index < -0.39 is 25.2 Å². The van der Waals surface area contributed by atoms with Gasteiger partial charge in [-0.15, -0.1) is 11.3 Å². The number of hydrogen-bond donors (Lipinski definition) is 2. The number of alkyl halides is 3. The lowest BCUT2D eigenvalue weighted by molar-refractivity contribution is -0.126. The first-order valence-electron chi connectivity index (χ1n) is 4.82. The third kappa shape index (κ3) is 5.23. The molecule has 0 aliphatic heterocycles. The Morgan fingerprint density at radius 2 is 2.11 bits per heavy atom. The molecule has 1 amide bonds. The molecule has 0 radical (unpaired) electrons. The number of amides is 1. The van der Waals surface area contributed by atoms with Crippen LogP contribution in [0.15, 0.2) is 5.38 Å². The number of Topliss-reactive ketones (excluding diaryl/α,β-unsaturated/α-hetero) is 1. The van der Waals surface area contributed by atoms with Gasteiger partial charge in [-0.1, -0.05) is 0 Å². The number of hydrogen-bond acceptors (Lipinski definition) is 5. The van der Waals surface area contributed by atoms with Crippen LogP contribution in [0.2, 0.25) is 0 Å². The summed E-state index contributed by atoms with van der Waals surface area (Å²) in [4.78, 5) is 25.9. The summed E-state index contributed by atoms with van der Waals surface area (Å²) < 4.78 is 35.3. The Labute approximate surface area is 104 Å². The van der Waals surface area contributed by atoms with Gasteiger partial charge in [-0.3, -0.25) is 9.59 Å². The summed E-state index contributed by atoms with van der Waals surface area (Å²) in [5.41, 5.74) is 0.207. The van der Waals surface area contributed by atoms with Gasteiger partial charge in [0.1, 0.15) is 5.69 Å². The van der Waals surface area contributed by atoms with Crippen molar-refractivity contribution >= 4 is 28.2 Å². The molecule has 1 aromatic heterocycles. The SMILES string of the molecule is CC(=O)c1csc(NC(=O)CNCC(F)(F)F)n1. The second-order valence-corrected chi connectivity index (χ2v) is 4.22. The smallest absolute Gasteiger partial charge is 0.301 e. The van der Waals surface area contributed by atoms with Gasteiger partial charge in [0.2, 0.25) is 5.91 Å². The van der Waals surface area contributed by atoms with E-state index in [1.807, 2.05) is 5.32 Å². The average Bonchev–Trinajstić information content (AvgIpc) is 2.64. The highest BCUT2D eigenvalue weighted by Gasteiger charge is 2.26. The van der Waals surface area contributed by atoms with Crippen molar-refractivity contribution in [2.24, 2.45) is 0 Å². The molecule has 100 valence electrons. The van der Waals surface area contributed by atoms with Crippen LogP contribution >= 0.6 is 11.3 Å². The number of thiazole rings is 1. The predicted octanol–water partition coefficient (Wildman–Crippen LogP) is 1.44. The van der Waals surface area contributed by atoms with Gasteiger partial charge in [0.25, 0.3) is 0 Å². The summed E-state index contributed by atoms with van der Waals surface area (Å²) in [6.45, 7) is -0.392. The molecule has 1 rings (SSSR count). The molecule has 0 saturated heterocycles. The number of aromatic nitrogens is 1. The minimum Gasteiger partial charge on any atom is -0.301 e. The third-order valence-corrected chi connectivity index (χ3v) is 2.48. The van der Waals surface area contributed by atoms with E-state index in [1.54, 1.807) is 0 Å². The maximum Gasteiger partial charge on any atom is 0.401 e. The summed E-state index contributed by atoms with van der Waals surface area (Å²) in [7, 11) is 0. The van der Waals surface area contributed by atoms with Crippen LogP contribution in [0.1, 0.15) is 17.4 Å². The van der Waals surface area contributed by atoms with Gasteiger partial charge in [0.05, 0.1) is 13.1 Å². The van der Waals surface area contributed by atoms with E-state index in [1.165, 1.54) is 12.3 Å². The number of rotatable bonds is 5. The molecule has 0 aliphatic rings. The first kappa shape index (κ1) is 14.6. The predicted molar refractivity (Wildman–Crippen MR) is 59.7 cm³/mol. The van der Waals surface area contributed by atoms with E-state index in [-0.39, 0.29) is 16.6 Å². The van der Waals surface area contributed by atoms with Crippen molar-refractivity contribution in [3.05, 3.63) is 11.1 Å². The van der Waals surface area contributed by atoms with Crippen molar-refractivity contribution in [3.8, 4) is 0 Å². The van der Waals surface area contributed by atoms with Crippen LogP contribution in [-0.4, -0.2) is 35.9 Å². The second-order valence-electron chi connectivity index (χ2n) is 3.36. The number of nitrogens with zero attached hydrogens (tertiary/aromatic N) is 1. The molecule has 9 heteroatoms. The van der Waals surface area contributed by atoms with Crippen molar-refractivity contribution < 1.29 is 22.8 Å². The maximum atomic E-state index is 11.8. The molecule has 0 bridgehead atoms. The second kappa shape index (κ2) is 5.91. The van der Waals surface area contributed by atoms with Crippen LogP contribution in [0.5, 0.6) is 0 Å². The van der Waals surface area contributed by atoms with Gasteiger partial charge < -0.3 is 10.6 Å². The zero-order valence-electron chi connectivity index (χ0n) is 9.30. The Kier molecular flexibility index (Phi) is 4.79. The summed E-state index contributed by atoms with van der Waals surface area (Å²) in [6, 6.07) is 0. The van der Waals surface area contributed by atoms with E-state index in [4.69, 9.17) is 0 Å². The van der Waals surface area contributed by atoms with Gasteiger partial charge in [-0.2, -0.15) is 13.2 Å². The average molecular weight is 281 g/mol. The van der Waals surface area contributed by atoms with Crippen LogP contribution in [0.4, 0.5) is 18.3 Å². The zero-order chi connectivity index (χ0) is 13.8. The van der Waals surface area contributed by atoms with Crippen molar-refractivity contribution in [3.63, 3.8) is 0 Å². The maximum absolute atomic E-state index is 11.8. The topological polar surface area (TPSA) is 71.1 Å². The normalized spacial score (nSPS) is 11.3. The fraction of sp³-hybridized carbons (Fsp3) is 0.444. The van der Waals surface area contributed by atoms with E-state index >= 15 is 0 Å². The van der Waals surface area contributed by atoms with Gasteiger partial charge >= 0.3 is 6.18 Å². The molecule has 5 nitrogen and oxygen atoms in total. The fourth-order valence-electron chi connectivity index (χ4n) is 0.974. The fourth-order valence-corrected chi connectivity index (χ4v) is 1.74. The van der Waals surface area contributed by atoms with Gasteiger partial charge in [0, 0.05) is 12.3 Å². The lowest BCUT2D eigenvalue weighted by atomic mass is 10.4. The van der Waals surface area contributed by atoms with Crippen molar-refractivity contribution in [1.29, 1.82) is 0 Å². The standard InChI is InChI=1S/C9H10F3N3O2S/c1-5(16)6-3-18-8(14-6)15-7(17)2-13-4-9(10,11)12/h3,13H,2,4H2,1H3,(H,14,15,17). The van der Waals surface area contributed by atoms with Crippen molar-refractivity contribution in [1.82, 2.24) is 10.3 Å². The van der Waals surface area contributed by atoms with Gasteiger partial charge in [-0.25, -0.2) is 4.98 Å². The molecule has 0 aromatic carbocycles. The van der Waals surface area contributed by atoms with Crippen LogP contribution < -0.4 is 10.6 Å². The highest BCUT2D eigenvalue weighted by molar-refractivity contribution is 7.14. The molecule has 1 heterocycles. The Balaban J connectivity index is 2.38. The number of anilines is 1. The summed E-state index contributed by atoms with van der Waals surface area (Å²) in [5.74, 6) is -0.898. The van der Waals surface area contributed by atoms with Crippen LogP contribution in [0.25, 0.3) is 0 Å². The van der Waals surface area contributed by atoms with Crippen molar-refractivity contribution in [2.45, 2.75) is 13.1 Å². The molecule has 0 spiro atoms. The molecule has 0 unspecified atom stereocenters. The largest absolute Gasteiger partial charge is 0.401 e. The minimum atomic E-state index is -4.36. The Morgan fingerprint density at radius 1 is 1.44 bits per heavy atom. The molecule has 2 N–H and O–H groups in total. The summed E-state index contributed by atoms with van der Waals surface area (Å²) in [5, 5.41) is 5.88. The molecular formula is C9H10F3N3O2S. The van der Waals surface area contributed by atoms with Gasteiger partial charge in [0.15, 0.2) is 10.9 Å². The molecule has 18 heavy (non-hydrogen) atoms. The zero-order valence-corrected chi connectivity index (χ0v) is 10.1. The third-order valence-electron chi connectivity index (χ3n) is 1.72. The lowest BCUT2D eigenvalue weighted by Crippen LogP contribution is -2.35. The van der Waals surface area contributed by atoms with E-state index in [2.05, 4.69) is 10.3 Å². The highest BCUT2D eigenvalue weighted by Crippen LogP contribution is 2.15. The van der Waals surface area contributed by atoms with Gasteiger partial charge in [-0.05, 0) is 0 Å². The van der Waals surface area contributed by atoms with Crippen LogP contribution in [0.3, 0.4) is 0 Å². The Bertz CT molecular complexity index is 445. The highest BCUT2D eigenvalue weighted by atomic mass is 32.1. The molecule has 0 aliphatic carbocycles. The Hall–Kier alpha value is -1.48. The molecule has 0 fully saturated rings. The molecule has 0 atom stereocenters. The molecular weight excluding hydrogens is 271 g/mol. The number of carbonyl (C=O) groups excluding carboxylic acids is 2. The number of nitrogens with one attached hydrogen (secondary N) is 2. The summed E-state index contributed by atoms with van der Waals surface area (Å²) >= 11 is 1.03. The van der Waals surface area contributed by atoms with E-state index in [0.29, 0.717) is 0 Å². The quantitative estimate of drug-likeness (QED) is 0.801. The van der Waals surface area contributed by atoms with Crippen LogP contribution in [0, 0.1) is 0 Å². The number of halogens is 3. The molecule has 1 aromatic rings. The van der Waals surface area contributed by atoms with Crippen molar-refractivity contribution in [2.75, 3.05) is 18.4 Å². The first-order chi connectivity index (χ1) is 8.28. The van der Waals surface area contributed by atoms with E-state index in [0.717, 1.165) is 11.3 Å². The summed E-state index contributed by atoms with van der Waals surface area (Å²) in [6.07, 6.45) is -4.36. The Morgan fingerprint density at radius 3 is 2.61 bits per heavy atom. The minimum absolute atomic E-state index is 0.180.